The molecule has 1 aliphatic rings. The molecule has 0 bridgehead atoms. The van der Waals surface area contributed by atoms with E-state index >= 15 is 0 Å². The number of hydrogen-bond acceptors (Lipinski definition) is 23. The number of likely N-dealkylation sites (N-methyl/N-ethyl adjacent to an activating group) is 1. The summed E-state index contributed by atoms with van der Waals surface area (Å²) in [6, 6.07) is -15.1. The summed E-state index contributed by atoms with van der Waals surface area (Å²) < 4.78 is 5.80. The Kier molecular flexibility index (Phi) is 41.5. The van der Waals surface area contributed by atoms with Gasteiger partial charge in [-0.1, -0.05) is 91.3 Å². The summed E-state index contributed by atoms with van der Waals surface area (Å²) in [4.78, 5) is 277. The number of cyclic esters (lactones) is 1. The summed E-state index contributed by atoms with van der Waals surface area (Å²) in [5, 5.41) is 77.4. The largest absolute Gasteiger partial charge is 0.481 e. The van der Waals surface area contributed by atoms with Gasteiger partial charge in [0.25, 0.3) is 0 Å². The van der Waals surface area contributed by atoms with Crippen molar-refractivity contribution in [2.24, 2.45) is 35.0 Å². The molecule has 1 saturated heterocycles. The van der Waals surface area contributed by atoms with E-state index in [-0.39, 0.29) is 38.6 Å². The average Bonchev–Trinajstić information content (AvgIpc) is 1.45. The van der Waals surface area contributed by atoms with Gasteiger partial charge in [-0.2, -0.15) is 0 Å². The van der Waals surface area contributed by atoms with Crippen LogP contribution in [0.2, 0.25) is 0 Å². The van der Waals surface area contributed by atoms with Crippen LogP contribution in [0.25, 0.3) is 10.9 Å². The summed E-state index contributed by atoms with van der Waals surface area (Å²) in [7, 11) is 0.937. The van der Waals surface area contributed by atoms with Crippen LogP contribution in [0.1, 0.15) is 163 Å². The molecule has 2 heterocycles. The van der Waals surface area contributed by atoms with Gasteiger partial charge in [-0.25, -0.2) is 9.59 Å². The number of aliphatic hydroxyl groups excluding tert-OH is 1. The van der Waals surface area contributed by atoms with Gasteiger partial charge < -0.3 is 121 Å². The number of primary amides is 2. The molecule has 1 aromatic carbocycles. The maximum absolute atomic E-state index is 15.0. The minimum absolute atomic E-state index is 0.000771. The van der Waals surface area contributed by atoms with Crippen molar-refractivity contribution in [1.82, 2.24) is 73.7 Å². The molecule has 0 aliphatic carbocycles. The van der Waals surface area contributed by atoms with Crippen molar-refractivity contribution in [1.29, 1.82) is 0 Å². The number of benzene rings is 1. The first-order valence-electron chi connectivity index (χ1n) is 37.9. The van der Waals surface area contributed by atoms with Crippen LogP contribution in [-0.4, -0.2) is 259 Å². The Morgan fingerprint density at radius 3 is 1.79 bits per heavy atom. The zero-order valence-electron chi connectivity index (χ0n) is 66.0. The molecule has 0 spiro atoms. The van der Waals surface area contributed by atoms with Gasteiger partial charge in [-0.15, -0.1) is 0 Å². The van der Waals surface area contributed by atoms with E-state index in [2.05, 4.69) is 66.7 Å². The number of carboxylic acids is 4. The number of nitrogens with two attached hydrogens (primary N) is 3. The predicted molar refractivity (Wildman–Crippen MR) is 406 cm³/mol. The highest BCUT2D eigenvalue weighted by Crippen LogP contribution is 2.22. The third-order valence-electron chi connectivity index (χ3n) is 19.1. The number of hydrogen-bond donors (Lipinski definition) is 21. The molecule has 0 radical (unpaired) electrons. The molecule has 16 atom stereocenters. The zero-order valence-corrected chi connectivity index (χ0v) is 66.0. The number of aliphatic carboxylic acids is 4. The number of aromatic nitrogens is 1. The van der Waals surface area contributed by atoms with E-state index in [1.165, 1.54) is 13.8 Å². The Labute approximate surface area is 667 Å². The van der Waals surface area contributed by atoms with Crippen molar-refractivity contribution in [3.8, 4) is 0 Å². The number of nitrogens with one attached hydrogen (secondary N) is 13. The zero-order chi connectivity index (χ0) is 87.4. The normalized spacial score (nSPS) is 22.1. The number of aromatic amines is 1. The highest BCUT2D eigenvalue weighted by Gasteiger charge is 2.43. The van der Waals surface area contributed by atoms with Crippen LogP contribution in [0.4, 0.5) is 0 Å². The Morgan fingerprint density at radius 2 is 1.18 bits per heavy atom. The van der Waals surface area contributed by atoms with Crippen molar-refractivity contribution in [3.05, 3.63) is 36.0 Å². The molecule has 1 aliphatic heterocycles. The lowest BCUT2D eigenvalue weighted by Crippen LogP contribution is -2.62. The number of ether oxygens (including phenoxy) is 1. The van der Waals surface area contributed by atoms with Gasteiger partial charge in [0, 0.05) is 43.4 Å². The summed E-state index contributed by atoms with van der Waals surface area (Å²) in [5.41, 5.74) is 17.9. The topological polar surface area (TPSA) is 693 Å². The molecule has 0 unspecified atom stereocenters. The molecular weight excluding hydrogens is 1530 g/mol. The smallest absolute Gasteiger partial charge is 0.335 e. The molecule has 1 aromatic heterocycles. The third kappa shape index (κ3) is 33.6. The van der Waals surface area contributed by atoms with E-state index in [0.717, 1.165) is 53.5 Å². The summed E-state index contributed by atoms with van der Waals surface area (Å²) in [6.07, 6.45) is -4.63. The molecular formula is C73H111N17O26. The van der Waals surface area contributed by atoms with Crippen molar-refractivity contribution in [2.75, 3.05) is 26.7 Å². The number of carbonyl (C=O) groups is 20. The quantitative estimate of drug-likeness (QED) is 0.0222. The Balaban J connectivity index is 2.26. The highest BCUT2D eigenvalue weighted by atomic mass is 16.5. The maximum atomic E-state index is 15.0. The number of carbonyl (C=O) groups excluding carboxylic acids is 16. The van der Waals surface area contributed by atoms with Crippen LogP contribution < -0.4 is 81.0 Å². The van der Waals surface area contributed by atoms with Gasteiger partial charge >= 0.3 is 29.8 Å². The molecule has 2 aromatic rings. The number of rotatable bonds is 37. The summed E-state index contributed by atoms with van der Waals surface area (Å²) >= 11 is 0. The van der Waals surface area contributed by atoms with Gasteiger partial charge in [-0.3, -0.25) is 86.3 Å². The van der Waals surface area contributed by atoms with Gasteiger partial charge in [0.1, 0.15) is 72.6 Å². The fourth-order valence-electron chi connectivity index (χ4n) is 12.0. The van der Waals surface area contributed by atoms with E-state index in [9.17, 15) is 121 Å². The first kappa shape index (κ1) is 98.3. The van der Waals surface area contributed by atoms with Crippen LogP contribution in [-0.2, 0) is 107 Å². The van der Waals surface area contributed by atoms with Crippen LogP contribution >= 0.6 is 0 Å². The Hall–Kier alpha value is -11.9. The van der Waals surface area contributed by atoms with Gasteiger partial charge in [0.2, 0.25) is 88.6 Å². The number of nitrogens with zero attached hydrogens (tertiary/aromatic N) is 1. The number of unbranched alkanes of at least 4 members (excludes halogenated alkanes) is 4. The number of esters is 1. The molecule has 43 nitrogen and oxygen atoms in total. The van der Waals surface area contributed by atoms with Crippen molar-refractivity contribution < 1.29 is 126 Å². The molecule has 116 heavy (non-hydrogen) atoms. The molecule has 644 valence electrons. The fraction of sp³-hybridized carbons (Fsp3) is 0.616. The number of H-pyrrole nitrogens is 1. The monoisotopic (exact) mass is 1640 g/mol. The molecule has 43 heteroatoms. The van der Waals surface area contributed by atoms with E-state index in [1.807, 2.05) is 16.0 Å². The molecule has 1 fully saturated rings. The first-order valence-corrected chi connectivity index (χ1v) is 37.9. The number of aliphatic hydroxyl groups is 1. The summed E-state index contributed by atoms with van der Waals surface area (Å²) in [5.74, 6) is -29.9. The number of fused-ring (bicyclic) bond motifs is 1. The van der Waals surface area contributed by atoms with Gasteiger partial charge in [0.05, 0.1) is 38.8 Å². The lowest BCUT2D eigenvalue weighted by Gasteiger charge is -2.32. The molecule has 15 amide bonds. The maximum Gasteiger partial charge on any atom is 0.335 e. The molecule has 24 N–H and O–H groups in total. The second kappa shape index (κ2) is 49.0. The summed E-state index contributed by atoms with van der Waals surface area (Å²) in [6.45, 7) is 7.91. The minimum Gasteiger partial charge on any atom is -0.481 e. The Morgan fingerprint density at radius 1 is 0.578 bits per heavy atom. The fourth-order valence-corrected chi connectivity index (χ4v) is 12.0. The van der Waals surface area contributed by atoms with Crippen molar-refractivity contribution in [3.63, 3.8) is 0 Å². The number of amides is 15. The second-order valence-electron chi connectivity index (χ2n) is 28.7. The minimum atomic E-state index is -2.83. The Bertz CT molecular complexity index is 3860. The van der Waals surface area contributed by atoms with Crippen LogP contribution in [0, 0.1) is 17.8 Å². The van der Waals surface area contributed by atoms with Crippen LogP contribution in [0.5, 0.6) is 0 Å². The van der Waals surface area contributed by atoms with E-state index in [0.29, 0.717) is 40.1 Å². The first-order chi connectivity index (χ1) is 54.5. The van der Waals surface area contributed by atoms with Gasteiger partial charge in [-0.05, 0) is 81.9 Å². The van der Waals surface area contributed by atoms with E-state index in [4.69, 9.17) is 21.9 Å². The molecule has 0 saturated carbocycles. The lowest BCUT2D eigenvalue weighted by atomic mass is 9.94. The van der Waals surface area contributed by atoms with Crippen molar-refractivity contribution in [2.45, 2.75) is 243 Å². The van der Waals surface area contributed by atoms with E-state index in [1.54, 1.807) is 30.5 Å². The standard InChI is InChI=1S/C73H111N17O26/c1-9-35(3)19-13-11-12-14-23-51(93)80-45(28-40-32-77-42-21-16-15-20-41(40)42)65(106)83-44(24-25-54(96)97)63(104)85-47(30-50(76)92)68(109)88-59-39(7)116-73(115)58(36(4)10-2)87-70(111)57(37(5)27-55(98)99)86-67(108)46(29-49(75)91)81-52(94)33-78-69(110)60(61(102)72(113)114)89-64(105)43(22-17-18-26-74)82-66(107)48(31-56(100)101)84-62(103)38(6)79-53(95)34-90(8)71(59)112/h15-16,20-21,32,35-39,43-48,57-61,77,102H,9-14,17-19,22-31,33-34,74H2,1-8H3,(H2,75,91)(H2,76,92)(H,78,110)(H,79,95)(H,80,93)(H,81,94)(H,82,107)(H,83,106)(H,84,103)(H,85,104)(H,86,108)(H,87,111)(H,88,109)(H,89,105)(H,96,97)(H,98,99)(H,100,101)(H,113,114)/t35-,36-,37-,38-,39+,43+,44+,45-,46+,47-,48-,57+,58-,59-,60-,61-/m0/s1. The predicted octanol–water partition coefficient (Wildman–Crippen LogP) is -5.21. The second-order valence-corrected chi connectivity index (χ2v) is 28.7. The highest BCUT2D eigenvalue weighted by molar-refractivity contribution is 6.02. The van der Waals surface area contributed by atoms with Crippen LogP contribution in [0.15, 0.2) is 30.5 Å². The van der Waals surface area contributed by atoms with Crippen molar-refractivity contribution >= 4 is 129 Å². The van der Waals surface area contributed by atoms with Gasteiger partial charge in [0.15, 0.2) is 6.10 Å². The SMILES string of the molecule is CC[C@H](C)CCCCCCC(=O)N[C@@H](Cc1c[nH]c2ccccc12)C(=O)N[C@H](CCC(=O)O)C(=O)N[C@@H](CC(N)=O)C(=O)N[C@@H]1C(=O)N(C)CC(=O)N[C@@H](C)C(=O)N[C@@H](CC(=O)O)C(=O)N[C@H](CCCCN)C(=O)N[C@@H]([C@H](O)C(=O)O)C(=O)NCC(=O)N[C@H](CC(N)=O)C(=O)N[C@H]([C@@H](C)CC(=O)O)C(=O)N[C@@H]([C@@H](C)CC)C(=O)O[C@@H]1C. The number of carboxylic acid groups (broad SMARTS) is 4. The average molecular weight is 1640 g/mol. The lowest BCUT2D eigenvalue weighted by molar-refractivity contribution is -0.159. The molecule has 3 rings (SSSR count). The van der Waals surface area contributed by atoms with Crippen LogP contribution in [0.3, 0.4) is 0 Å². The van der Waals surface area contributed by atoms with E-state index < -0.39 is 267 Å². The number of para-hydroxylation sites is 1. The third-order valence-corrected chi connectivity index (χ3v) is 19.1.